The van der Waals surface area contributed by atoms with Crippen molar-refractivity contribution in [1.82, 2.24) is 9.80 Å². The molecule has 3 aromatic rings. The van der Waals surface area contributed by atoms with Crippen molar-refractivity contribution < 1.29 is 29.0 Å². The number of aromatic hydroxyl groups is 1. The number of imide groups is 2. The first kappa shape index (κ1) is 33.1. The van der Waals surface area contributed by atoms with Crippen LogP contribution in [0.2, 0.25) is 0 Å². The lowest BCUT2D eigenvalue weighted by molar-refractivity contribution is -0.144. The number of piperidine rings is 1. The molecule has 0 bridgehead atoms. The monoisotopic (exact) mass is 685 g/mol. The third-order valence-electron chi connectivity index (χ3n) is 12.3. The summed E-state index contributed by atoms with van der Waals surface area (Å²) in [6.07, 6.45) is 8.17. The van der Waals surface area contributed by atoms with Crippen LogP contribution >= 0.6 is 0 Å². The predicted molar refractivity (Wildman–Crippen MR) is 192 cm³/mol. The number of anilines is 1. The van der Waals surface area contributed by atoms with Gasteiger partial charge in [-0.3, -0.25) is 29.0 Å². The predicted octanol–water partition coefficient (Wildman–Crippen LogP) is 5.84. The highest BCUT2D eigenvalue weighted by atomic mass is 16.5. The molecule has 3 aromatic carbocycles. The topological polar surface area (TPSA) is 107 Å². The Hall–Kier alpha value is -5.02. The number of hydrogen-bond donors (Lipinski definition) is 1. The Morgan fingerprint density at radius 2 is 1.59 bits per heavy atom. The van der Waals surface area contributed by atoms with E-state index in [0.29, 0.717) is 24.3 Å². The van der Waals surface area contributed by atoms with Crippen molar-refractivity contribution in [2.24, 2.45) is 35.0 Å². The maximum Gasteiger partial charge on any atom is 0.241 e. The zero-order chi connectivity index (χ0) is 35.4. The van der Waals surface area contributed by atoms with Crippen molar-refractivity contribution >= 4 is 35.4 Å². The average Bonchev–Trinajstić information content (AvgIpc) is 3.52. The van der Waals surface area contributed by atoms with E-state index in [-0.39, 0.29) is 41.3 Å². The molecule has 3 saturated heterocycles. The number of benzene rings is 3. The molecule has 1 N–H and O–H groups in total. The molecule has 51 heavy (non-hydrogen) atoms. The van der Waals surface area contributed by atoms with Crippen LogP contribution in [-0.4, -0.2) is 64.8 Å². The molecule has 262 valence electrons. The summed E-state index contributed by atoms with van der Waals surface area (Å²) < 4.78 is 5.33. The van der Waals surface area contributed by atoms with E-state index in [4.69, 9.17) is 4.74 Å². The van der Waals surface area contributed by atoms with Gasteiger partial charge in [0.1, 0.15) is 0 Å². The Morgan fingerprint density at radius 3 is 2.29 bits per heavy atom. The number of amides is 4. The number of para-hydroxylation sites is 1. The Kier molecular flexibility index (Phi) is 8.41. The summed E-state index contributed by atoms with van der Waals surface area (Å²) in [7, 11) is 1.49. The molecule has 3 aliphatic heterocycles. The number of likely N-dealkylation sites (tertiary alicyclic amines) is 2. The van der Waals surface area contributed by atoms with Crippen LogP contribution in [0.25, 0.3) is 6.08 Å². The van der Waals surface area contributed by atoms with E-state index in [1.165, 1.54) is 17.6 Å². The molecule has 9 heteroatoms. The maximum absolute atomic E-state index is 14.5. The van der Waals surface area contributed by atoms with Gasteiger partial charge in [-0.15, -0.1) is 0 Å². The van der Waals surface area contributed by atoms with Crippen molar-refractivity contribution in [2.75, 3.05) is 25.1 Å². The molecule has 0 aromatic heterocycles. The van der Waals surface area contributed by atoms with Crippen LogP contribution in [0.4, 0.5) is 5.69 Å². The third kappa shape index (κ3) is 5.41. The molecule has 6 atom stereocenters. The molecule has 2 aliphatic carbocycles. The van der Waals surface area contributed by atoms with Crippen molar-refractivity contribution in [2.45, 2.75) is 45.2 Å². The maximum atomic E-state index is 14.5. The van der Waals surface area contributed by atoms with Gasteiger partial charge in [-0.1, -0.05) is 78.4 Å². The van der Waals surface area contributed by atoms with Gasteiger partial charge < -0.3 is 9.84 Å². The summed E-state index contributed by atoms with van der Waals surface area (Å²) in [5.41, 5.74) is 2.39. The quantitative estimate of drug-likeness (QED) is 0.246. The Bertz CT molecular complexity index is 1930. The van der Waals surface area contributed by atoms with Gasteiger partial charge in [0.2, 0.25) is 23.6 Å². The van der Waals surface area contributed by atoms with Crippen LogP contribution in [0.1, 0.15) is 43.7 Å². The molecule has 1 saturated carbocycles. The fourth-order valence-corrected chi connectivity index (χ4v) is 9.61. The first-order valence-corrected chi connectivity index (χ1v) is 18.0. The van der Waals surface area contributed by atoms with Gasteiger partial charge in [-0.05, 0) is 73.9 Å². The lowest BCUT2D eigenvalue weighted by atomic mass is 9.52. The van der Waals surface area contributed by atoms with E-state index in [2.05, 4.69) is 23.1 Å². The van der Waals surface area contributed by atoms with E-state index >= 15 is 0 Å². The standard InChI is InChI=1S/C42H43N3O6/c1-42-33(17-13-26-14-18-35(46)36(23-26)51-2)30-15-16-31-37(32(30)24-34(42)39(48)45(41(42)50)28-11-7-4-8-12-28)40(49)44(38(31)47)29-19-21-43(22-20-29)25-27-9-5-3-6-10-27/h3-15,17-18,23,29,31-34,37,46H,16,19-22,24-25H2,1-2H3/t31-,32+,33-,34-,37-,42-/m0/s1. The number of carbonyl (C=O) groups is 4. The molecule has 3 heterocycles. The van der Waals surface area contributed by atoms with E-state index in [1.807, 2.05) is 55.5 Å². The minimum Gasteiger partial charge on any atom is -0.504 e. The first-order chi connectivity index (χ1) is 24.7. The van der Waals surface area contributed by atoms with Crippen LogP contribution in [0.5, 0.6) is 11.5 Å². The fourth-order valence-electron chi connectivity index (χ4n) is 9.61. The van der Waals surface area contributed by atoms with Crippen LogP contribution in [0, 0.1) is 35.0 Å². The lowest BCUT2D eigenvalue weighted by Crippen LogP contribution is -2.50. The van der Waals surface area contributed by atoms with Crippen molar-refractivity contribution in [3.63, 3.8) is 0 Å². The van der Waals surface area contributed by atoms with Crippen molar-refractivity contribution in [3.8, 4) is 11.5 Å². The number of phenolic OH excluding ortho intramolecular Hbond substituents is 1. The van der Waals surface area contributed by atoms with Gasteiger partial charge in [-0.2, -0.15) is 0 Å². The number of fused-ring (bicyclic) bond motifs is 4. The number of nitrogens with zero attached hydrogens (tertiary/aromatic N) is 3. The minimum atomic E-state index is -1.10. The summed E-state index contributed by atoms with van der Waals surface area (Å²) in [6, 6.07) is 24.2. The Balaban J connectivity index is 1.11. The van der Waals surface area contributed by atoms with E-state index in [1.54, 1.807) is 35.2 Å². The van der Waals surface area contributed by atoms with Crippen molar-refractivity contribution in [3.05, 3.63) is 108 Å². The van der Waals surface area contributed by atoms with Gasteiger partial charge in [0.05, 0.1) is 36.0 Å². The highest BCUT2D eigenvalue weighted by molar-refractivity contribution is 6.24. The van der Waals surface area contributed by atoms with E-state index in [9.17, 15) is 24.3 Å². The van der Waals surface area contributed by atoms with Gasteiger partial charge >= 0.3 is 0 Å². The smallest absolute Gasteiger partial charge is 0.241 e. The number of ether oxygens (including phenoxy) is 1. The number of carbonyl (C=O) groups excluding carboxylic acids is 4. The third-order valence-corrected chi connectivity index (χ3v) is 12.3. The summed E-state index contributed by atoms with van der Waals surface area (Å²) in [6.45, 7) is 4.34. The highest BCUT2D eigenvalue weighted by Gasteiger charge is 2.67. The molecular weight excluding hydrogens is 642 g/mol. The number of rotatable bonds is 7. The summed E-state index contributed by atoms with van der Waals surface area (Å²) >= 11 is 0. The van der Waals surface area contributed by atoms with Crippen LogP contribution in [0.3, 0.4) is 0 Å². The van der Waals surface area contributed by atoms with E-state index < -0.39 is 29.1 Å². The number of hydrogen-bond acceptors (Lipinski definition) is 7. The summed E-state index contributed by atoms with van der Waals surface area (Å²) in [4.78, 5) is 62.7. The zero-order valence-corrected chi connectivity index (χ0v) is 29.0. The van der Waals surface area contributed by atoms with Crippen LogP contribution in [0.15, 0.2) is 96.6 Å². The highest BCUT2D eigenvalue weighted by Crippen LogP contribution is 2.61. The molecule has 0 radical (unpaired) electrons. The minimum absolute atomic E-state index is 0.0198. The fraction of sp³-hybridized carbons (Fsp3) is 0.381. The molecule has 0 spiro atoms. The second kappa shape index (κ2) is 12.9. The average molecular weight is 686 g/mol. The van der Waals surface area contributed by atoms with Gasteiger partial charge in [0.25, 0.3) is 0 Å². The SMILES string of the molecule is COc1cc(C=C[C@H]2C3=CC[C@@H]4C(=O)N(C5CCN(Cc6ccccc6)CC5)C(=O)[C@@H]4[C@@H]3C[C@H]3C(=O)N(c4ccccc4)C(=O)[C@@]23C)ccc1O. The molecular formula is C42H43N3O6. The number of allylic oxidation sites excluding steroid dienone is 3. The van der Waals surface area contributed by atoms with Crippen LogP contribution in [-0.2, 0) is 25.7 Å². The second-order valence-electron chi connectivity index (χ2n) is 14.9. The number of methoxy groups -OCH3 is 1. The second-order valence-corrected chi connectivity index (χ2v) is 14.9. The largest absolute Gasteiger partial charge is 0.504 e. The molecule has 4 fully saturated rings. The normalized spacial score (nSPS) is 29.7. The summed E-state index contributed by atoms with van der Waals surface area (Å²) in [5.74, 6) is -2.97. The molecule has 4 amide bonds. The first-order valence-electron chi connectivity index (χ1n) is 18.0. The molecule has 8 rings (SSSR count). The molecule has 0 unspecified atom stereocenters. The lowest BCUT2D eigenvalue weighted by Gasteiger charge is -2.48. The Labute approximate surface area is 298 Å². The van der Waals surface area contributed by atoms with Gasteiger partial charge in [0, 0.05) is 31.6 Å². The molecule has 9 nitrogen and oxygen atoms in total. The Morgan fingerprint density at radius 1 is 0.882 bits per heavy atom. The van der Waals surface area contributed by atoms with Crippen LogP contribution < -0.4 is 9.64 Å². The zero-order valence-electron chi connectivity index (χ0n) is 29.0. The number of phenols is 1. The summed E-state index contributed by atoms with van der Waals surface area (Å²) in [5, 5.41) is 10.2. The van der Waals surface area contributed by atoms with Gasteiger partial charge in [-0.25, -0.2) is 4.90 Å². The van der Waals surface area contributed by atoms with E-state index in [0.717, 1.165) is 43.6 Å². The van der Waals surface area contributed by atoms with Gasteiger partial charge in [0.15, 0.2) is 11.5 Å². The van der Waals surface area contributed by atoms with Crippen molar-refractivity contribution in [1.29, 1.82) is 0 Å². The molecule has 5 aliphatic rings.